The molecule has 2 aliphatic heterocycles. The second-order valence-corrected chi connectivity index (χ2v) is 6.65. The van der Waals surface area contributed by atoms with Crippen molar-refractivity contribution in [3.8, 4) is 0 Å². The summed E-state index contributed by atoms with van der Waals surface area (Å²) in [5.41, 5.74) is 5.97. The standard InChI is InChI=1S/C15H30N4O/c1-11(2)17-15(20)12(3)19-9-6-14(10-19)18-7-4-13(16)5-8-18/h11-14H,4-10,16H2,1-3H3,(H,17,20). The molecule has 2 unspecified atom stereocenters. The van der Waals surface area contributed by atoms with E-state index in [1.165, 1.54) is 6.42 Å². The summed E-state index contributed by atoms with van der Waals surface area (Å²) >= 11 is 0. The average Bonchev–Trinajstić information content (AvgIpc) is 2.87. The molecule has 0 aromatic rings. The fraction of sp³-hybridized carbons (Fsp3) is 0.933. The van der Waals surface area contributed by atoms with Gasteiger partial charge in [0.25, 0.3) is 0 Å². The molecule has 2 aliphatic rings. The molecule has 2 rings (SSSR count). The summed E-state index contributed by atoms with van der Waals surface area (Å²) in [7, 11) is 0. The van der Waals surface area contributed by atoms with Gasteiger partial charge in [0.05, 0.1) is 6.04 Å². The first-order valence-electron chi connectivity index (χ1n) is 8.01. The highest BCUT2D eigenvalue weighted by Crippen LogP contribution is 2.21. The van der Waals surface area contributed by atoms with E-state index in [1.54, 1.807) is 0 Å². The van der Waals surface area contributed by atoms with Gasteiger partial charge in [-0.1, -0.05) is 0 Å². The minimum atomic E-state index is -0.0190. The molecule has 2 fully saturated rings. The van der Waals surface area contributed by atoms with Crippen molar-refractivity contribution in [1.82, 2.24) is 15.1 Å². The molecule has 0 aromatic heterocycles. The summed E-state index contributed by atoms with van der Waals surface area (Å²) in [6, 6.07) is 1.19. The van der Waals surface area contributed by atoms with Gasteiger partial charge in [0.15, 0.2) is 0 Å². The highest BCUT2D eigenvalue weighted by Gasteiger charge is 2.33. The van der Waals surface area contributed by atoms with Gasteiger partial charge < -0.3 is 11.1 Å². The van der Waals surface area contributed by atoms with Crippen molar-refractivity contribution in [2.24, 2.45) is 5.73 Å². The Morgan fingerprint density at radius 2 is 1.80 bits per heavy atom. The van der Waals surface area contributed by atoms with Crippen LogP contribution in [0.25, 0.3) is 0 Å². The Labute approximate surface area is 122 Å². The van der Waals surface area contributed by atoms with E-state index in [4.69, 9.17) is 5.73 Å². The Balaban J connectivity index is 1.81. The molecule has 2 atom stereocenters. The van der Waals surface area contributed by atoms with Gasteiger partial charge >= 0.3 is 0 Å². The fourth-order valence-corrected chi connectivity index (χ4v) is 3.27. The van der Waals surface area contributed by atoms with E-state index in [9.17, 15) is 4.79 Å². The lowest BCUT2D eigenvalue weighted by Crippen LogP contribution is -2.49. The summed E-state index contributed by atoms with van der Waals surface area (Å²) < 4.78 is 0. The SMILES string of the molecule is CC(C)NC(=O)C(C)N1CCC(N2CCC(N)CC2)C1. The van der Waals surface area contributed by atoms with Crippen molar-refractivity contribution < 1.29 is 4.79 Å². The largest absolute Gasteiger partial charge is 0.353 e. The quantitative estimate of drug-likeness (QED) is 0.783. The van der Waals surface area contributed by atoms with Crippen LogP contribution in [0.5, 0.6) is 0 Å². The van der Waals surface area contributed by atoms with Gasteiger partial charge in [0.1, 0.15) is 0 Å². The van der Waals surface area contributed by atoms with E-state index in [1.807, 2.05) is 20.8 Å². The Morgan fingerprint density at radius 3 is 2.40 bits per heavy atom. The van der Waals surface area contributed by atoms with Crippen LogP contribution in [-0.2, 0) is 4.79 Å². The smallest absolute Gasteiger partial charge is 0.237 e. The molecule has 0 spiro atoms. The van der Waals surface area contributed by atoms with Crippen LogP contribution < -0.4 is 11.1 Å². The maximum Gasteiger partial charge on any atom is 0.237 e. The molecular formula is C15H30N4O. The first-order chi connectivity index (χ1) is 9.47. The van der Waals surface area contributed by atoms with Crippen molar-refractivity contribution >= 4 is 5.91 Å². The van der Waals surface area contributed by atoms with Crippen molar-refractivity contribution in [2.45, 2.75) is 64.2 Å². The molecule has 5 nitrogen and oxygen atoms in total. The third kappa shape index (κ3) is 3.93. The Morgan fingerprint density at radius 1 is 1.15 bits per heavy atom. The number of hydrogen-bond acceptors (Lipinski definition) is 4. The minimum absolute atomic E-state index is 0.0190. The minimum Gasteiger partial charge on any atom is -0.353 e. The molecular weight excluding hydrogens is 252 g/mol. The normalized spacial score (nSPS) is 27.9. The summed E-state index contributed by atoms with van der Waals surface area (Å²) in [6.07, 6.45) is 3.40. The zero-order valence-corrected chi connectivity index (χ0v) is 13.1. The molecule has 2 saturated heterocycles. The van der Waals surface area contributed by atoms with E-state index in [2.05, 4.69) is 15.1 Å². The molecule has 116 valence electrons. The van der Waals surface area contributed by atoms with Gasteiger partial charge in [-0.3, -0.25) is 14.6 Å². The first kappa shape index (κ1) is 15.7. The number of piperidine rings is 1. The van der Waals surface area contributed by atoms with Gasteiger partial charge in [-0.2, -0.15) is 0 Å². The van der Waals surface area contributed by atoms with Crippen molar-refractivity contribution in [2.75, 3.05) is 26.2 Å². The number of hydrogen-bond donors (Lipinski definition) is 2. The number of amides is 1. The van der Waals surface area contributed by atoms with E-state index in [0.717, 1.165) is 39.0 Å². The molecule has 0 bridgehead atoms. The second-order valence-electron chi connectivity index (χ2n) is 6.65. The van der Waals surface area contributed by atoms with Gasteiger partial charge in [0.2, 0.25) is 5.91 Å². The molecule has 2 heterocycles. The second kappa shape index (κ2) is 6.87. The van der Waals surface area contributed by atoms with Crippen molar-refractivity contribution in [3.05, 3.63) is 0 Å². The number of rotatable bonds is 4. The highest BCUT2D eigenvalue weighted by atomic mass is 16.2. The van der Waals surface area contributed by atoms with E-state index >= 15 is 0 Å². The lowest BCUT2D eigenvalue weighted by Gasteiger charge is -2.35. The monoisotopic (exact) mass is 282 g/mol. The maximum atomic E-state index is 12.1. The predicted molar refractivity (Wildman–Crippen MR) is 81.5 cm³/mol. The van der Waals surface area contributed by atoms with Crippen LogP contribution in [0.1, 0.15) is 40.0 Å². The third-order valence-electron chi connectivity index (χ3n) is 4.64. The molecule has 0 aromatic carbocycles. The van der Waals surface area contributed by atoms with E-state index < -0.39 is 0 Å². The number of nitrogens with zero attached hydrogens (tertiary/aromatic N) is 2. The van der Waals surface area contributed by atoms with Crippen molar-refractivity contribution in [1.29, 1.82) is 0 Å². The molecule has 3 N–H and O–H groups in total. The maximum absolute atomic E-state index is 12.1. The molecule has 0 saturated carbocycles. The first-order valence-corrected chi connectivity index (χ1v) is 8.01. The number of nitrogens with one attached hydrogen (secondary N) is 1. The summed E-state index contributed by atoms with van der Waals surface area (Å²) in [5, 5.41) is 3.01. The topological polar surface area (TPSA) is 61.6 Å². The Kier molecular flexibility index (Phi) is 5.41. The van der Waals surface area contributed by atoms with Gasteiger partial charge in [0, 0.05) is 31.2 Å². The van der Waals surface area contributed by atoms with Crippen LogP contribution in [-0.4, -0.2) is 66.1 Å². The Bertz CT molecular complexity index is 326. The lowest BCUT2D eigenvalue weighted by atomic mass is 10.0. The summed E-state index contributed by atoms with van der Waals surface area (Å²) in [5.74, 6) is 0.154. The van der Waals surface area contributed by atoms with Crippen LogP contribution in [0.4, 0.5) is 0 Å². The van der Waals surface area contributed by atoms with E-state index in [0.29, 0.717) is 12.1 Å². The summed E-state index contributed by atoms with van der Waals surface area (Å²) in [4.78, 5) is 17.0. The number of carbonyl (C=O) groups excluding carboxylic acids is 1. The number of likely N-dealkylation sites (tertiary alicyclic amines) is 2. The van der Waals surface area contributed by atoms with Gasteiger partial charge in [-0.15, -0.1) is 0 Å². The Hall–Kier alpha value is -0.650. The van der Waals surface area contributed by atoms with Gasteiger partial charge in [-0.25, -0.2) is 0 Å². The molecule has 20 heavy (non-hydrogen) atoms. The van der Waals surface area contributed by atoms with Crippen LogP contribution in [0.15, 0.2) is 0 Å². The fourth-order valence-electron chi connectivity index (χ4n) is 3.27. The predicted octanol–water partition coefficient (Wildman–Crippen LogP) is 0.397. The zero-order valence-electron chi connectivity index (χ0n) is 13.1. The van der Waals surface area contributed by atoms with Crippen molar-refractivity contribution in [3.63, 3.8) is 0 Å². The third-order valence-corrected chi connectivity index (χ3v) is 4.64. The van der Waals surface area contributed by atoms with Crippen LogP contribution >= 0.6 is 0 Å². The molecule has 1 amide bonds. The lowest BCUT2D eigenvalue weighted by molar-refractivity contribution is -0.126. The van der Waals surface area contributed by atoms with Crippen LogP contribution in [0.3, 0.4) is 0 Å². The molecule has 0 aliphatic carbocycles. The zero-order chi connectivity index (χ0) is 14.7. The highest BCUT2D eigenvalue weighted by molar-refractivity contribution is 5.81. The molecule has 0 radical (unpaired) electrons. The molecule has 5 heteroatoms. The van der Waals surface area contributed by atoms with Crippen LogP contribution in [0.2, 0.25) is 0 Å². The average molecular weight is 282 g/mol. The number of carbonyl (C=O) groups is 1. The number of nitrogens with two attached hydrogens (primary N) is 1. The van der Waals surface area contributed by atoms with Gasteiger partial charge in [-0.05, 0) is 53.1 Å². The van der Waals surface area contributed by atoms with Crippen LogP contribution in [0, 0.1) is 0 Å². The van der Waals surface area contributed by atoms with E-state index in [-0.39, 0.29) is 18.0 Å². The summed E-state index contributed by atoms with van der Waals surface area (Å²) in [6.45, 7) is 10.3.